The standard InChI is InChI=1S/C15H24N4/c1-11(2)8-14-13-7-5-4-6-12(13)9-19(14)10-18-15(16)17-3/h4-7,11,14H,8-10H2,1-3H3,(H3,16,17,18). The number of fused-ring (bicyclic) bond motifs is 1. The highest BCUT2D eigenvalue weighted by atomic mass is 15.3. The maximum absolute atomic E-state index is 7.62. The van der Waals surface area contributed by atoms with Gasteiger partial charge in [0.2, 0.25) is 0 Å². The number of nitrogens with zero attached hydrogens (tertiary/aromatic N) is 1. The largest absolute Gasteiger partial charge is 0.360 e. The molecule has 0 fully saturated rings. The molecule has 0 spiro atoms. The van der Waals surface area contributed by atoms with Crippen molar-refractivity contribution in [3.05, 3.63) is 35.4 Å². The maximum atomic E-state index is 7.62. The van der Waals surface area contributed by atoms with E-state index in [9.17, 15) is 0 Å². The van der Waals surface area contributed by atoms with Crippen molar-refractivity contribution in [2.24, 2.45) is 5.92 Å². The zero-order valence-corrected chi connectivity index (χ0v) is 12.0. The second kappa shape index (κ2) is 6.06. The molecule has 0 saturated heterocycles. The average molecular weight is 260 g/mol. The molecule has 2 rings (SSSR count). The molecule has 104 valence electrons. The number of hydrogen-bond acceptors (Lipinski definition) is 2. The number of rotatable bonds is 4. The highest BCUT2D eigenvalue weighted by Gasteiger charge is 2.29. The van der Waals surface area contributed by atoms with E-state index in [0.29, 0.717) is 24.6 Å². The minimum Gasteiger partial charge on any atom is -0.360 e. The lowest BCUT2D eigenvalue weighted by atomic mass is 9.97. The van der Waals surface area contributed by atoms with Gasteiger partial charge < -0.3 is 10.6 Å². The van der Waals surface area contributed by atoms with Gasteiger partial charge in [-0.3, -0.25) is 10.3 Å². The van der Waals surface area contributed by atoms with Gasteiger partial charge in [-0.15, -0.1) is 0 Å². The Balaban J connectivity index is 2.09. The number of hydrogen-bond donors (Lipinski definition) is 3. The molecule has 0 aliphatic carbocycles. The van der Waals surface area contributed by atoms with Crippen molar-refractivity contribution >= 4 is 5.96 Å². The summed E-state index contributed by atoms with van der Waals surface area (Å²) in [6.07, 6.45) is 1.16. The van der Waals surface area contributed by atoms with E-state index in [2.05, 4.69) is 53.6 Å². The smallest absolute Gasteiger partial charge is 0.189 e. The molecule has 4 nitrogen and oxygen atoms in total. The lowest BCUT2D eigenvalue weighted by Gasteiger charge is -2.27. The molecular weight excluding hydrogens is 236 g/mol. The van der Waals surface area contributed by atoms with Crippen LogP contribution in [-0.4, -0.2) is 24.6 Å². The molecule has 0 aromatic heterocycles. The van der Waals surface area contributed by atoms with Crippen molar-refractivity contribution in [2.75, 3.05) is 13.7 Å². The Bertz CT molecular complexity index is 442. The SMILES string of the molecule is CNC(=N)NCN1Cc2ccccc2C1CC(C)C. The van der Waals surface area contributed by atoms with Crippen LogP contribution >= 0.6 is 0 Å². The quantitative estimate of drug-likeness (QED) is 0.575. The second-order valence-electron chi connectivity index (χ2n) is 5.55. The summed E-state index contributed by atoms with van der Waals surface area (Å²) in [5.41, 5.74) is 2.87. The van der Waals surface area contributed by atoms with E-state index in [1.807, 2.05) is 0 Å². The Morgan fingerprint density at radius 1 is 1.42 bits per heavy atom. The summed E-state index contributed by atoms with van der Waals surface area (Å²) in [6, 6.07) is 9.15. The number of benzene rings is 1. The molecule has 1 aromatic rings. The monoisotopic (exact) mass is 260 g/mol. The zero-order chi connectivity index (χ0) is 13.8. The first-order valence-corrected chi connectivity index (χ1v) is 6.93. The maximum Gasteiger partial charge on any atom is 0.189 e. The van der Waals surface area contributed by atoms with Crippen LogP contribution in [0.3, 0.4) is 0 Å². The first-order chi connectivity index (χ1) is 9.11. The van der Waals surface area contributed by atoms with Gasteiger partial charge >= 0.3 is 0 Å². The van der Waals surface area contributed by atoms with Gasteiger partial charge in [0.15, 0.2) is 5.96 Å². The first-order valence-electron chi connectivity index (χ1n) is 6.93. The normalized spacial score (nSPS) is 18.4. The van der Waals surface area contributed by atoms with E-state index in [1.165, 1.54) is 11.1 Å². The van der Waals surface area contributed by atoms with Gasteiger partial charge in [-0.05, 0) is 23.5 Å². The fourth-order valence-electron chi connectivity index (χ4n) is 2.69. The lowest BCUT2D eigenvalue weighted by Crippen LogP contribution is -2.41. The third kappa shape index (κ3) is 3.26. The van der Waals surface area contributed by atoms with Crippen molar-refractivity contribution in [2.45, 2.75) is 32.9 Å². The molecule has 1 aliphatic heterocycles. The van der Waals surface area contributed by atoms with Crippen molar-refractivity contribution in [1.29, 1.82) is 5.41 Å². The van der Waals surface area contributed by atoms with Gasteiger partial charge in [0.05, 0.1) is 6.67 Å². The van der Waals surface area contributed by atoms with Crippen LogP contribution in [0.1, 0.15) is 37.4 Å². The summed E-state index contributed by atoms with van der Waals surface area (Å²) in [4.78, 5) is 2.41. The van der Waals surface area contributed by atoms with E-state index in [4.69, 9.17) is 5.41 Å². The summed E-state index contributed by atoms with van der Waals surface area (Å²) < 4.78 is 0. The van der Waals surface area contributed by atoms with Crippen LogP contribution < -0.4 is 10.6 Å². The minimum absolute atomic E-state index is 0.374. The van der Waals surface area contributed by atoms with Gasteiger partial charge in [0.25, 0.3) is 0 Å². The van der Waals surface area contributed by atoms with Gasteiger partial charge in [0, 0.05) is 19.6 Å². The molecule has 0 bridgehead atoms. The molecule has 1 aromatic carbocycles. The summed E-state index contributed by atoms with van der Waals surface area (Å²) in [5.74, 6) is 1.04. The fraction of sp³-hybridized carbons (Fsp3) is 0.533. The van der Waals surface area contributed by atoms with E-state index in [0.717, 1.165) is 13.0 Å². The Morgan fingerprint density at radius 2 is 2.16 bits per heavy atom. The van der Waals surface area contributed by atoms with Crippen LogP contribution in [0.25, 0.3) is 0 Å². The highest BCUT2D eigenvalue weighted by molar-refractivity contribution is 5.75. The van der Waals surface area contributed by atoms with E-state index in [1.54, 1.807) is 7.05 Å². The first kappa shape index (κ1) is 13.9. The molecule has 1 atom stereocenters. The van der Waals surface area contributed by atoms with Gasteiger partial charge in [0.1, 0.15) is 0 Å². The van der Waals surface area contributed by atoms with Crippen LogP contribution in [0, 0.1) is 11.3 Å². The van der Waals surface area contributed by atoms with E-state index >= 15 is 0 Å². The van der Waals surface area contributed by atoms with Crippen LogP contribution in [0.15, 0.2) is 24.3 Å². The van der Waals surface area contributed by atoms with Crippen molar-refractivity contribution < 1.29 is 0 Å². The molecule has 0 radical (unpaired) electrons. The molecule has 4 heteroatoms. The summed E-state index contributed by atoms with van der Waals surface area (Å²) in [5, 5.41) is 13.5. The van der Waals surface area contributed by atoms with Gasteiger partial charge in [-0.25, -0.2) is 0 Å². The van der Waals surface area contributed by atoms with Crippen LogP contribution in [0.2, 0.25) is 0 Å². The molecule has 1 unspecified atom stereocenters. The van der Waals surface area contributed by atoms with Crippen molar-refractivity contribution in [3.63, 3.8) is 0 Å². The fourth-order valence-corrected chi connectivity index (χ4v) is 2.69. The van der Waals surface area contributed by atoms with Gasteiger partial charge in [-0.2, -0.15) is 0 Å². The van der Waals surface area contributed by atoms with E-state index in [-0.39, 0.29) is 0 Å². The Kier molecular flexibility index (Phi) is 4.43. The predicted octanol–water partition coefficient (Wildman–Crippen LogP) is 2.29. The topological polar surface area (TPSA) is 51.2 Å². The average Bonchev–Trinajstić information content (AvgIpc) is 2.74. The predicted molar refractivity (Wildman–Crippen MR) is 79.0 cm³/mol. The molecule has 3 N–H and O–H groups in total. The summed E-state index contributed by atoms with van der Waals surface area (Å²) in [7, 11) is 1.76. The number of guanidine groups is 1. The van der Waals surface area contributed by atoms with Crippen LogP contribution in [0.5, 0.6) is 0 Å². The highest BCUT2D eigenvalue weighted by Crippen LogP contribution is 2.36. The van der Waals surface area contributed by atoms with Crippen LogP contribution in [0.4, 0.5) is 0 Å². The van der Waals surface area contributed by atoms with Gasteiger partial charge in [-0.1, -0.05) is 38.1 Å². The Labute approximate surface area is 115 Å². The Morgan fingerprint density at radius 3 is 2.84 bits per heavy atom. The van der Waals surface area contributed by atoms with E-state index < -0.39 is 0 Å². The summed E-state index contributed by atoms with van der Waals surface area (Å²) in [6.45, 7) is 6.22. The third-order valence-electron chi connectivity index (χ3n) is 3.63. The molecule has 1 aliphatic rings. The Hall–Kier alpha value is -1.55. The molecular formula is C15H24N4. The molecule has 19 heavy (non-hydrogen) atoms. The molecule has 1 heterocycles. The lowest BCUT2D eigenvalue weighted by molar-refractivity contribution is 0.186. The summed E-state index contributed by atoms with van der Waals surface area (Å²) >= 11 is 0. The van der Waals surface area contributed by atoms with Crippen molar-refractivity contribution in [1.82, 2.24) is 15.5 Å². The minimum atomic E-state index is 0.374. The third-order valence-corrected chi connectivity index (χ3v) is 3.63. The molecule has 0 amide bonds. The second-order valence-corrected chi connectivity index (χ2v) is 5.55. The molecule has 0 saturated carbocycles. The van der Waals surface area contributed by atoms with Crippen molar-refractivity contribution in [3.8, 4) is 0 Å². The zero-order valence-electron chi connectivity index (χ0n) is 12.0. The van der Waals surface area contributed by atoms with Crippen LogP contribution in [-0.2, 0) is 6.54 Å². The number of nitrogens with one attached hydrogen (secondary N) is 3.